The average molecular weight is 482 g/mol. The fourth-order valence-corrected chi connectivity index (χ4v) is 3.62. The summed E-state index contributed by atoms with van der Waals surface area (Å²) < 4.78 is 44.3. The molecule has 3 heterocycles. The van der Waals surface area contributed by atoms with Crippen molar-refractivity contribution in [3.05, 3.63) is 59.0 Å². The van der Waals surface area contributed by atoms with Crippen LogP contribution in [0.5, 0.6) is 5.75 Å². The number of carbonyl (C=O) groups is 1. The second-order valence-corrected chi connectivity index (χ2v) is 7.53. The van der Waals surface area contributed by atoms with Gasteiger partial charge in [0, 0.05) is 22.8 Å². The van der Waals surface area contributed by atoms with Crippen molar-refractivity contribution in [3.8, 4) is 22.7 Å². The highest BCUT2D eigenvalue weighted by molar-refractivity contribution is 9.10. The average Bonchev–Trinajstić information content (AvgIpc) is 3.27. The lowest BCUT2D eigenvalue weighted by molar-refractivity contribution is -0.274. The van der Waals surface area contributed by atoms with Crippen LogP contribution in [-0.4, -0.2) is 45.1 Å². The van der Waals surface area contributed by atoms with Crippen molar-refractivity contribution in [1.29, 1.82) is 0 Å². The van der Waals surface area contributed by atoms with Crippen molar-refractivity contribution < 1.29 is 22.7 Å². The number of aromatic nitrogens is 3. The number of hydrogen-bond donors (Lipinski definition) is 1. The first-order chi connectivity index (χ1) is 14.3. The minimum Gasteiger partial charge on any atom is -0.406 e. The molecule has 2 aromatic heterocycles. The van der Waals surface area contributed by atoms with Gasteiger partial charge < -0.3 is 10.1 Å². The molecule has 4 rings (SSSR count). The summed E-state index contributed by atoms with van der Waals surface area (Å²) in [6.07, 6.45) is -1.59. The third kappa shape index (κ3) is 4.79. The maximum absolute atomic E-state index is 12.7. The molecule has 0 spiro atoms. The third-order valence-corrected chi connectivity index (χ3v) is 4.76. The number of carbonyl (C=O) groups excluding carboxylic acids is 1. The predicted molar refractivity (Wildman–Crippen MR) is 105 cm³/mol. The van der Waals surface area contributed by atoms with E-state index in [1.807, 2.05) is 4.90 Å². The van der Waals surface area contributed by atoms with E-state index in [0.29, 0.717) is 40.3 Å². The van der Waals surface area contributed by atoms with E-state index in [9.17, 15) is 18.0 Å². The number of amides is 1. The van der Waals surface area contributed by atoms with E-state index in [2.05, 4.69) is 36.1 Å². The van der Waals surface area contributed by atoms with Gasteiger partial charge in [0.1, 0.15) is 5.75 Å². The Hall–Kier alpha value is -2.92. The molecular weight excluding hydrogens is 467 g/mol. The van der Waals surface area contributed by atoms with Crippen molar-refractivity contribution in [2.45, 2.75) is 12.9 Å². The first kappa shape index (κ1) is 20.4. The Kier molecular flexibility index (Phi) is 5.48. The Balaban J connectivity index is 1.75. The van der Waals surface area contributed by atoms with Gasteiger partial charge in [-0.1, -0.05) is 15.9 Å². The third-order valence-electron chi connectivity index (χ3n) is 4.30. The Labute approximate surface area is 177 Å². The zero-order valence-corrected chi connectivity index (χ0v) is 16.9. The maximum atomic E-state index is 12.7. The summed E-state index contributed by atoms with van der Waals surface area (Å²) in [5.41, 5.74) is 2.34. The first-order valence-corrected chi connectivity index (χ1v) is 9.61. The molecule has 0 aliphatic carbocycles. The van der Waals surface area contributed by atoms with E-state index in [0.717, 1.165) is 0 Å². The molecule has 1 fully saturated rings. The van der Waals surface area contributed by atoms with Gasteiger partial charge in [-0.05, 0) is 36.4 Å². The van der Waals surface area contributed by atoms with Gasteiger partial charge in [-0.25, -0.2) is 4.68 Å². The normalized spacial score (nSPS) is 14.7. The highest BCUT2D eigenvalue weighted by Gasteiger charge is 2.31. The number of pyridine rings is 1. The monoisotopic (exact) mass is 481 g/mol. The van der Waals surface area contributed by atoms with Crippen molar-refractivity contribution in [2.75, 3.05) is 13.2 Å². The molecule has 156 valence electrons. The van der Waals surface area contributed by atoms with Crippen molar-refractivity contribution in [1.82, 2.24) is 25.0 Å². The second kappa shape index (κ2) is 8.07. The molecule has 1 amide bonds. The molecule has 7 nitrogen and oxygen atoms in total. The summed E-state index contributed by atoms with van der Waals surface area (Å²) in [4.78, 5) is 17.4. The number of rotatable bonds is 5. The number of ether oxygens (including phenoxy) is 1. The van der Waals surface area contributed by atoms with Gasteiger partial charge in [0.2, 0.25) is 5.91 Å². The number of nitrogens with zero attached hydrogens (tertiary/aromatic N) is 4. The van der Waals surface area contributed by atoms with E-state index in [1.54, 1.807) is 41.3 Å². The van der Waals surface area contributed by atoms with Crippen LogP contribution in [0, 0.1) is 0 Å². The maximum Gasteiger partial charge on any atom is 0.573 e. The molecule has 3 aromatic rings. The molecule has 0 radical (unpaired) electrons. The Morgan fingerprint density at radius 3 is 2.73 bits per heavy atom. The number of benzene rings is 1. The van der Waals surface area contributed by atoms with Crippen LogP contribution in [0.1, 0.15) is 5.69 Å². The van der Waals surface area contributed by atoms with Crippen molar-refractivity contribution in [3.63, 3.8) is 0 Å². The van der Waals surface area contributed by atoms with E-state index in [4.69, 9.17) is 0 Å². The molecule has 0 bridgehead atoms. The lowest BCUT2D eigenvalue weighted by Crippen LogP contribution is -2.21. The van der Waals surface area contributed by atoms with E-state index in [-0.39, 0.29) is 18.2 Å². The van der Waals surface area contributed by atoms with Crippen LogP contribution in [0.2, 0.25) is 0 Å². The molecule has 1 aliphatic heterocycles. The van der Waals surface area contributed by atoms with Crippen molar-refractivity contribution in [2.24, 2.45) is 0 Å². The lowest BCUT2D eigenvalue weighted by atomic mass is 10.1. The van der Waals surface area contributed by atoms with Gasteiger partial charge >= 0.3 is 6.36 Å². The zero-order chi connectivity index (χ0) is 21.3. The van der Waals surface area contributed by atoms with Crippen LogP contribution in [-0.2, 0) is 11.3 Å². The van der Waals surface area contributed by atoms with Crippen LogP contribution in [0.25, 0.3) is 16.9 Å². The molecule has 11 heteroatoms. The van der Waals surface area contributed by atoms with Crippen molar-refractivity contribution >= 4 is 21.8 Å². The smallest absolute Gasteiger partial charge is 0.406 e. The van der Waals surface area contributed by atoms with Crippen LogP contribution in [0.15, 0.2) is 53.3 Å². The Morgan fingerprint density at radius 1 is 1.23 bits per heavy atom. The molecule has 30 heavy (non-hydrogen) atoms. The minimum atomic E-state index is -4.80. The molecule has 0 unspecified atom stereocenters. The summed E-state index contributed by atoms with van der Waals surface area (Å²) in [5, 5.41) is 7.32. The van der Waals surface area contributed by atoms with Gasteiger partial charge in [-0.15, -0.1) is 13.2 Å². The van der Waals surface area contributed by atoms with Gasteiger partial charge in [0.15, 0.2) is 0 Å². The summed E-state index contributed by atoms with van der Waals surface area (Å²) in [7, 11) is 0. The molecule has 0 atom stereocenters. The van der Waals surface area contributed by atoms with Crippen LogP contribution in [0.3, 0.4) is 0 Å². The highest BCUT2D eigenvalue weighted by atomic mass is 79.9. The van der Waals surface area contributed by atoms with Crippen LogP contribution in [0.4, 0.5) is 13.2 Å². The quantitative estimate of drug-likeness (QED) is 0.603. The molecule has 0 saturated carbocycles. The summed E-state index contributed by atoms with van der Waals surface area (Å²) in [6, 6.07) is 9.52. The summed E-state index contributed by atoms with van der Waals surface area (Å²) >= 11 is 3.24. The Bertz CT molecular complexity index is 1070. The van der Waals surface area contributed by atoms with Gasteiger partial charge in [0.25, 0.3) is 0 Å². The number of alkyl halides is 3. The number of halogens is 4. The first-order valence-electron chi connectivity index (χ1n) is 8.82. The highest BCUT2D eigenvalue weighted by Crippen LogP contribution is 2.33. The van der Waals surface area contributed by atoms with E-state index < -0.39 is 6.36 Å². The summed E-state index contributed by atoms with van der Waals surface area (Å²) in [6.45, 7) is 1.07. The second-order valence-electron chi connectivity index (χ2n) is 6.61. The fourth-order valence-electron chi connectivity index (χ4n) is 3.15. The Morgan fingerprint density at radius 2 is 2.07 bits per heavy atom. The standard InChI is InChI=1S/C19H15BrF3N5O2/c20-13-4-12(5-16(6-13)30-19(21,22)23)17-7-14(9-27-10-18(29)25-11-27)26-28(17)15-2-1-3-24-8-15/h1-8H,9-11H2,(H,25,29). The van der Waals surface area contributed by atoms with Gasteiger partial charge in [0.05, 0.1) is 36.5 Å². The topological polar surface area (TPSA) is 72.3 Å². The van der Waals surface area contributed by atoms with Gasteiger partial charge in [-0.3, -0.25) is 14.7 Å². The van der Waals surface area contributed by atoms with Crippen LogP contribution >= 0.6 is 15.9 Å². The SMILES string of the molecule is O=C1CN(Cc2cc(-c3cc(Br)cc(OC(F)(F)F)c3)n(-c3cccnc3)n2)CN1. The minimum absolute atomic E-state index is 0.0668. The fraction of sp³-hybridized carbons (Fsp3) is 0.211. The van der Waals surface area contributed by atoms with E-state index in [1.165, 1.54) is 12.1 Å². The largest absolute Gasteiger partial charge is 0.573 e. The molecule has 1 saturated heterocycles. The zero-order valence-electron chi connectivity index (χ0n) is 15.4. The predicted octanol–water partition coefficient (Wildman–Crippen LogP) is 3.48. The molecule has 1 aromatic carbocycles. The van der Waals surface area contributed by atoms with E-state index >= 15 is 0 Å². The molecular formula is C19H15BrF3N5O2. The number of nitrogens with one attached hydrogen (secondary N) is 1. The summed E-state index contributed by atoms with van der Waals surface area (Å²) in [5.74, 6) is -0.412. The molecule has 1 aliphatic rings. The lowest BCUT2D eigenvalue weighted by Gasteiger charge is -2.12. The van der Waals surface area contributed by atoms with Crippen LogP contribution < -0.4 is 10.1 Å². The molecule has 1 N–H and O–H groups in total. The van der Waals surface area contributed by atoms with Gasteiger partial charge in [-0.2, -0.15) is 5.10 Å². The number of hydrogen-bond acceptors (Lipinski definition) is 5.